The normalized spacial score (nSPS) is 11.7. The minimum absolute atomic E-state index is 0.141. The largest absolute Gasteiger partial charge is 0.485 e. The number of benzene rings is 2. The Hall–Kier alpha value is -2.73. The highest BCUT2D eigenvalue weighted by atomic mass is 16.6. The second-order valence-electron chi connectivity index (χ2n) is 4.73. The van der Waals surface area contributed by atoms with E-state index in [2.05, 4.69) is 0 Å². The van der Waals surface area contributed by atoms with Crippen LogP contribution in [0.3, 0.4) is 0 Å². The zero-order valence-electron chi connectivity index (χ0n) is 11.9. The van der Waals surface area contributed by atoms with Gasteiger partial charge in [0.2, 0.25) is 0 Å². The van der Waals surface area contributed by atoms with Gasteiger partial charge in [-0.15, -0.1) is 0 Å². The molecule has 0 saturated carbocycles. The number of ether oxygens (including phenoxy) is 1. The number of aliphatic hydroxyl groups is 1. The molecular formula is C16H15NO5. The van der Waals surface area contributed by atoms with Crippen LogP contribution in [0.5, 0.6) is 5.75 Å². The third-order valence-corrected chi connectivity index (χ3v) is 3.11. The van der Waals surface area contributed by atoms with E-state index in [1.54, 1.807) is 30.3 Å². The van der Waals surface area contributed by atoms with Gasteiger partial charge in [-0.25, -0.2) is 0 Å². The number of non-ortho nitro benzene ring substituents is 1. The van der Waals surface area contributed by atoms with Crippen LogP contribution < -0.4 is 4.74 Å². The van der Waals surface area contributed by atoms with Crippen LogP contribution in [0.2, 0.25) is 0 Å². The fourth-order valence-electron chi connectivity index (χ4n) is 1.96. The van der Waals surface area contributed by atoms with Crippen molar-refractivity contribution in [2.24, 2.45) is 0 Å². The molecule has 1 unspecified atom stereocenters. The standard InChI is InChI=1S/C16H15NO5/c1-11(18)14-9-13(17(20)21)7-8-16(14)22-10-15(19)12-5-3-2-4-6-12/h2-9,11,18H,10H2,1H3. The van der Waals surface area contributed by atoms with E-state index in [-0.39, 0.29) is 29.4 Å². The average molecular weight is 301 g/mol. The Morgan fingerprint density at radius 1 is 1.27 bits per heavy atom. The molecule has 2 aromatic rings. The van der Waals surface area contributed by atoms with Crippen molar-refractivity contribution >= 4 is 11.5 Å². The first-order valence-electron chi connectivity index (χ1n) is 6.66. The smallest absolute Gasteiger partial charge is 0.270 e. The van der Waals surface area contributed by atoms with Crippen molar-refractivity contribution in [2.45, 2.75) is 13.0 Å². The maximum absolute atomic E-state index is 12.0. The van der Waals surface area contributed by atoms with E-state index in [1.165, 1.54) is 25.1 Å². The number of aliphatic hydroxyl groups excluding tert-OH is 1. The van der Waals surface area contributed by atoms with Gasteiger partial charge in [-0.2, -0.15) is 0 Å². The molecule has 22 heavy (non-hydrogen) atoms. The van der Waals surface area contributed by atoms with Crippen LogP contribution in [0, 0.1) is 10.1 Å². The lowest BCUT2D eigenvalue weighted by atomic mass is 10.1. The molecule has 0 amide bonds. The van der Waals surface area contributed by atoms with E-state index in [0.717, 1.165) is 0 Å². The lowest BCUT2D eigenvalue weighted by Gasteiger charge is -2.12. The van der Waals surface area contributed by atoms with Crippen LogP contribution in [0.4, 0.5) is 5.69 Å². The first kappa shape index (κ1) is 15.7. The van der Waals surface area contributed by atoms with Crippen molar-refractivity contribution in [3.63, 3.8) is 0 Å². The number of ketones is 1. The third kappa shape index (κ3) is 3.67. The Morgan fingerprint density at radius 3 is 2.55 bits per heavy atom. The first-order chi connectivity index (χ1) is 10.5. The second-order valence-corrected chi connectivity index (χ2v) is 4.73. The molecule has 0 saturated heterocycles. The molecule has 1 N–H and O–H groups in total. The number of nitro groups is 1. The van der Waals surface area contributed by atoms with Gasteiger partial charge in [-0.1, -0.05) is 30.3 Å². The highest BCUT2D eigenvalue weighted by Crippen LogP contribution is 2.29. The maximum atomic E-state index is 12.0. The van der Waals surface area contributed by atoms with Gasteiger partial charge >= 0.3 is 0 Å². The molecule has 0 radical (unpaired) electrons. The van der Waals surface area contributed by atoms with Crippen molar-refractivity contribution in [1.29, 1.82) is 0 Å². The van der Waals surface area contributed by atoms with Crippen molar-refractivity contribution in [3.8, 4) is 5.75 Å². The van der Waals surface area contributed by atoms with Gasteiger partial charge in [-0.05, 0) is 13.0 Å². The number of nitro benzene ring substituents is 1. The van der Waals surface area contributed by atoms with Crippen molar-refractivity contribution < 1.29 is 19.6 Å². The van der Waals surface area contributed by atoms with Crippen LogP contribution in [0.15, 0.2) is 48.5 Å². The number of carbonyl (C=O) groups is 1. The summed E-state index contributed by atoms with van der Waals surface area (Å²) in [5.41, 5.74) is 0.649. The minimum atomic E-state index is -0.943. The molecule has 114 valence electrons. The number of Topliss-reactive ketones (excluding diaryl/α,β-unsaturated/α-hetero) is 1. The van der Waals surface area contributed by atoms with E-state index in [0.29, 0.717) is 5.56 Å². The fourth-order valence-corrected chi connectivity index (χ4v) is 1.96. The van der Waals surface area contributed by atoms with Gasteiger partial charge in [0, 0.05) is 23.3 Å². The second kappa shape index (κ2) is 6.82. The molecule has 0 bridgehead atoms. The fraction of sp³-hybridized carbons (Fsp3) is 0.188. The minimum Gasteiger partial charge on any atom is -0.485 e. The predicted molar refractivity (Wildman–Crippen MR) is 80.0 cm³/mol. The lowest BCUT2D eigenvalue weighted by molar-refractivity contribution is -0.385. The maximum Gasteiger partial charge on any atom is 0.270 e. The van der Waals surface area contributed by atoms with Crippen LogP contribution >= 0.6 is 0 Å². The summed E-state index contributed by atoms with van der Waals surface area (Å²) in [6, 6.07) is 12.6. The molecule has 0 aromatic heterocycles. The molecule has 0 aliphatic rings. The molecular weight excluding hydrogens is 286 g/mol. The van der Waals surface area contributed by atoms with Crippen molar-refractivity contribution in [3.05, 3.63) is 69.8 Å². The molecule has 0 heterocycles. The summed E-state index contributed by atoms with van der Waals surface area (Å²) in [5, 5.41) is 20.5. The SMILES string of the molecule is CC(O)c1cc([N+](=O)[O-])ccc1OCC(=O)c1ccccc1. The number of nitrogens with zero attached hydrogens (tertiary/aromatic N) is 1. The molecule has 0 fully saturated rings. The molecule has 2 rings (SSSR count). The molecule has 2 aromatic carbocycles. The van der Waals surface area contributed by atoms with Gasteiger partial charge in [0.25, 0.3) is 5.69 Å². The molecule has 6 heteroatoms. The summed E-state index contributed by atoms with van der Waals surface area (Å²) in [7, 11) is 0. The Labute approximate surface area is 127 Å². The van der Waals surface area contributed by atoms with E-state index in [9.17, 15) is 20.0 Å². The van der Waals surface area contributed by atoms with E-state index in [1.807, 2.05) is 0 Å². The summed E-state index contributed by atoms with van der Waals surface area (Å²) in [4.78, 5) is 22.2. The molecule has 0 aliphatic carbocycles. The van der Waals surface area contributed by atoms with Crippen molar-refractivity contribution in [2.75, 3.05) is 6.61 Å². The first-order valence-corrected chi connectivity index (χ1v) is 6.66. The Bertz CT molecular complexity index is 682. The summed E-state index contributed by atoms with van der Waals surface area (Å²) in [6.07, 6.45) is -0.943. The molecule has 6 nitrogen and oxygen atoms in total. The third-order valence-electron chi connectivity index (χ3n) is 3.11. The number of hydrogen-bond acceptors (Lipinski definition) is 5. The van der Waals surface area contributed by atoms with Gasteiger partial charge in [-0.3, -0.25) is 14.9 Å². The van der Waals surface area contributed by atoms with Crippen LogP contribution in [0.25, 0.3) is 0 Å². The summed E-state index contributed by atoms with van der Waals surface area (Å²) in [5.74, 6) is 0.0420. The zero-order chi connectivity index (χ0) is 16.1. The number of rotatable bonds is 6. The predicted octanol–water partition coefficient (Wildman–Crippen LogP) is 2.91. The van der Waals surface area contributed by atoms with E-state index < -0.39 is 11.0 Å². The van der Waals surface area contributed by atoms with Gasteiger partial charge in [0.1, 0.15) is 5.75 Å². The highest BCUT2D eigenvalue weighted by Gasteiger charge is 2.16. The lowest BCUT2D eigenvalue weighted by Crippen LogP contribution is -2.13. The van der Waals surface area contributed by atoms with E-state index >= 15 is 0 Å². The average Bonchev–Trinajstić information content (AvgIpc) is 2.53. The van der Waals surface area contributed by atoms with Gasteiger partial charge in [0.15, 0.2) is 12.4 Å². The van der Waals surface area contributed by atoms with Crippen LogP contribution in [-0.4, -0.2) is 22.4 Å². The Balaban J connectivity index is 2.16. The summed E-state index contributed by atoms with van der Waals surface area (Å²) < 4.78 is 5.42. The highest BCUT2D eigenvalue weighted by molar-refractivity contribution is 5.97. The van der Waals surface area contributed by atoms with E-state index in [4.69, 9.17) is 4.74 Å². The monoisotopic (exact) mass is 301 g/mol. The molecule has 1 atom stereocenters. The van der Waals surface area contributed by atoms with Crippen LogP contribution in [0.1, 0.15) is 28.9 Å². The number of hydrogen-bond donors (Lipinski definition) is 1. The van der Waals surface area contributed by atoms with Crippen LogP contribution in [-0.2, 0) is 0 Å². The summed E-state index contributed by atoms with van der Waals surface area (Å²) >= 11 is 0. The van der Waals surface area contributed by atoms with Crippen molar-refractivity contribution in [1.82, 2.24) is 0 Å². The topological polar surface area (TPSA) is 89.7 Å². The Morgan fingerprint density at radius 2 is 1.95 bits per heavy atom. The van der Waals surface area contributed by atoms with Gasteiger partial charge in [0.05, 0.1) is 11.0 Å². The molecule has 0 spiro atoms. The summed E-state index contributed by atoms with van der Waals surface area (Å²) in [6.45, 7) is 1.27. The zero-order valence-corrected chi connectivity index (χ0v) is 11.9. The quantitative estimate of drug-likeness (QED) is 0.503. The van der Waals surface area contributed by atoms with Gasteiger partial charge < -0.3 is 9.84 Å². The number of carbonyl (C=O) groups excluding carboxylic acids is 1. The Kier molecular flexibility index (Phi) is 4.85. The molecule has 0 aliphatic heterocycles.